The van der Waals surface area contributed by atoms with Gasteiger partial charge in [-0.3, -0.25) is 9.59 Å². The Morgan fingerprint density at radius 3 is 2.55 bits per heavy atom. The van der Waals surface area contributed by atoms with Crippen molar-refractivity contribution in [1.29, 1.82) is 0 Å². The van der Waals surface area contributed by atoms with Crippen LogP contribution in [0, 0.1) is 5.92 Å². The van der Waals surface area contributed by atoms with Gasteiger partial charge in [-0.1, -0.05) is 25.1 Å². The number of carbonyl (C=O) groups is 2. The van der Waals surface area contributed by atoms with Crippen molar-refractivity contribution in [2.24, 2.45) is 5.92 Å². The van der Waals surface area contributed by atoms with E-state index in [0.29, 0.717) is 32.4 Å². The molecule has 0 unspecified atom stereocenters. The molecule has 1 aliphatic rings. The second-order valence-corrected chi connectivity index (χ2v) is 5.84. The van der Waals surface area contributed by atoms with Gasteiger partial charge >= 0.3 is 5.97 Å². The molecule has 0 saturated carbocycles. The highest BCUT2D eigenvalue weighted by Crippen LogP contribution is 2.29. The fourth-order valence-electron chi connectivity index (χ4n) is 2.95. The summed E-state index contributed by atoms with van der Waals surface area (Å²) in [6.07, 6.45) is 1.51. The molecule has 22 heavy (non-hydrogen) atoms. The van der Waals surface area contributed by atoms with Crippen LogP contribution in [0.15, 0.2) is 24.3 Å². The first-order chi connectivity index (χ1) is 10.5. The number of benzene rings is 1. The van der Waals surface area contributed by atoms with Crippen molar-refractivity contribution in [2.75, 3.05) is 20.2 Å². The van der Waals surface area contributed by atoms with Crippen LogP contribution in [0.4, 0.5) is 0 Å². The lowest BCUT2D eigenvalue weighted by molar-refractivity contribution is -0.145. The first-order valence-corrected chi connectivity index (χ1v) is 7.66. The van der Waals surface area contributed by atoms with Crippen LogP contribution in [-0.2, 0) is 9.59 Å². The molecule has 1 aromatic carbocycles. The van der Waals surface area contributed by atoms with Crippen LogP contribution in [0.1, 0.15) is 37.7 Å². The van der Waals surface area contributed by atoms with E-state index in [0.717, 1.165) is 11.3 Å². The van der Waals surface area contributed by atoms with Gasteiger partial charge in [0.1, 0.15) is 5.75 Å². The molecule has 0 aromatic heterocycles. The normalized spacial score (nSPS) is 17.1. The molecule has 0 bridgehead atoms. The van der Waals surface area contributed by atoms with Crippen LogP contribution in [0.25, 0.3) is 0 Å². The first kappa shape index (κ1) is 16.3. The van der Waals surface area contributed by atoms with Crippen molar-refractivity contribution in [3.8, 4) is 5.75 Å². The molecule has 120 valence electrons. The number of rotatable bonds is 5. The number of hydrogen-bond donors (Lipinski definition) is 1. The summed E-state index contributed by atoms with van der Waals surface area (Å²) >= 11 is 0. The van der Waals surface area contributed by atoms with E-state index in [1.54, 1.807) is 12.0 Å². The standard InChI is InChI=1S/C17H23NO4/c1-12(14-5-3-4-6-15(14)22-2)11-16(19)18-9-7-13(8-10-18)17(20)21/h3-6,12-13H,7-11H2,1-2H3,(H,20,21)/t12-/m0/s1. The summed E-state index contributed by atoms with van der Waals surface area (Å²) in [5, 5.41) is 9.00. The summed E-state index contributed by atoms with van der Waals surface area (Å²) in [5.74, 6) is -0.111. The van der Waals surface area contributed by atoms with Crippen LogP contribution >= 0.6 is 0 Å². The summed E-state index contributed by atoms with van der Waals surface area (Å²) in [5.41, 5.74) is 1.03. The molecule has 1 N–H and O–H groups in total. The number of carbonyl (C=O) groups excluding carboxylic acids is 1. The van der Waals surface area contributed by atoms with Crippen molar-refractivity contribution >= 4 is 11.9 Å². The number of likely N-dealkylation sites (tertiary alicyclic amines) is 1. The van der Waals surface area contributed by atoms with E-state index in [2.05, 4.69) is 0 Å². The molecule has 0 aliphatic carbocycles. The number of aliphatic carboxylic acids is 1. The summed E-state index contributed by atoms with van der Waals surface area (Å²) < 4.78 is 5.34. The van der Waals surface area contributed by atoms with Crippen LogP contribution in [0.5, 0.6) is 5.75 Å². The van der Waals surface area contributed by atoms with Gasteiger partial charge in [0.15, 0.2) is 0 Å². The third-order valence-electron chi connectivity index (χ3n) is 4.35. The number of amides is 1. The second-order valence-electron chi connectivity index (χ2n) is 5.84. The fraction of sp³-hybridized carbons (Fsp3) is 0.529. The van der Waals surface area contributed by atoms with E-state index < -0.39 is 5.97 Å². The molecular weight excluding hydrogens is 282 g/mol. The molecule has 0 spiro atoms. The quantitative estimate of drug-likeness (QED) is 0.907. The average Bonchev–Trinajstić information content (AvgIpc) is 2.54. The topological polar surface area (TPSA) is 66.8 Å². The van der Waals surface area contributed by atoms with E-state index >= 15 is 0 Å². The molecule has 1 heterocycles. The summed E-state index contributed by atoms with van der Waals surface area (Å²) in [4.78, 5) is 25.1. The molecule has 2 rings (SSSR count). The van der Waals surface area contributed by atoms with Gasteiger partial charge in [0.2, 0.25) is 5.91 Å². The summed E-state index contributed by atoms with van der Waals surface area (Å²) in [6.45, 7) is 3.09. The molecule has 5 nitrogen and oxygen atoms in total. The number of carboxylic acids is 1. The molecule has 5 heteroatoms. The highest BCUT2D eigenvalue weighted by Gasteiger charge is 2.27. The van der Waals surface area contributed by atoms with E-state index in [1.165, 1.54) is 0 Å². The highest BCUT2D eigenvalue weighted by molar-refractivity contribution is 5.78. The smallest absolute Gasteiger partial charge is 0.306 e. The maximum absolute atomic E-state index is 12.4. The molecular formula is C17H23NO4. The number of carboxylic acid groups (broad SMARTS) is 1. The van der Waals surface area contributed by atoms with Crippen molar-refractivity contribution in [3.63, 3.8) is 0 Å². The average molecular weight is 305 g/mol. The van der Waals surface area contributed by atoms with Crippen LogP contribution in [0.3, 0.4) is 0 Å². The Morgan fingerprint density at radius 2 is 1.95 bits per heavy atom. The van der Waals surface area contributed by atoms with E-state index in [-0.39, 0.29) is 17.7 Å². The monoisotopic (exact) mass is 305 g/mol. The van der Waals surface area contributed by atoms with Crippen molar-refractivity contribution in [2.45, 2.75) is 32.1 Å². The molecule has 1 fully saturated rings. The molecule has 1 atom stereocenters. The molecule has 1 saturated heterocycles. The SMILES string of the molecule is COc1ccccc1[C@@H](C)CC(=O)N1CCC(C(=O)O)CC1. The molecule has 1 aliphatic heterocycles. The number of methoxy groups -OCH3 is 1. The zero-order valence-electron chi connectivity index (χ0n) is 13.1. The zero-order chi connectivity index (χ0) is 16.1. The Hall–Kier alpha value is -2.04. The maximum atomic E-state index is 12.4. The highest BCUT2D eigenvalue weighted by atomic mass is 16.5. The lowest BCUT2D eigenvalue weighted by atomic mass is 9.94. The zero-order valence-corrected chi connectivity index (χ0v) is 13.1. The number of piperidine rings is 1. The molecule has 1 aromatic rings. The number of hydrogen-bond acceptors (Lipinski definition) is 3. The number of ether oxygens (including phenoxy) is 1. The van der Waals surface area contributed by atoms with Crippen molar-refractivity contribution in [3.05, 3.63) is 29.8 Å². The lowest BCUT2D eigenvalue weighted by Crippen LogP contribution is -2.40. The Kier molecular flexibility index (Phi) is 5.41. The first-order valence-electron chi connectivity index (χ1n) is 7.66. The van der Waals surface area contributed by atoms with Gasteiger partial charge in [-0.2, -0.15) is 0 Å². The number of para-hydroxylation sites is 1. The second kappa shape index (κ2) is 7.29. The molecule has 1 amide bonds. The largest absolute Gasteiger partial charge is 0.496 e. The number of nitrogens with zero attached hydrogens (tertiary/aromatic N) is 1. The summed E-state index contributed by atoms with van der Waals surface area (Å²) in [6, 6.07) is 7.73. The van der Waals surface area contributed by atoms with Gasteiger partial charge in [0.25, 0.3) is 0 Å². The Morgan fingerprint density at radius 1 is 1.32 bits per heavy atom. The van der Waals surface area contributed by atoms with Crippen LogP contribution in [0.2, 0.25) is 0 Å². The molecule has 0 radical (unpaired) electrons. The predicted octanol–water partition coefficient (Wildman–Crippen LogP) is 2.51. The third-order valence-corrected chi connectivity index (χ3v) is 4.35. The van der Waals surface area contributed by atoms with Crippen molar-refractivity contribution in [1.82, 2.24) is 4.90 Å². The minimum Gasteiger partial charge on any atom is -0.496 e. The van der Waals surface area contributed by atoms with E-state index in [4.69, 9.17) is 9.84 Å². The lowest BCUT2D eigenvalue weighted by Gasteiger charge is -2.31. The van der Waals surface area contributed by atoms with Gasteiger partial charge < -0.3 is 14.7 Å². The maximum Gasteiger partial charge on any atom is 0.306 e. The van der Waals surface area contributed by atoms with Gasteiger partial charge in [0.05, 0.1) is 13.0 Å². The van der Waals surface area contributed by atoms with E-state index in [1.807, 2.05) is 31.2 Å². The Balaban J connectivity index is 1.93. The Labute approximate surface area is 130 Å². The van der Waals surface area contributed by atoms with Crippen molar-refractivity contribution < 1.29 is 19.4 Å². The van der Waals surface area contributed by atoms with Gasteiger partial charge in [-0.05, 0) is 30.4 Å². The third kappa shape index (κ3) is 3.78. The summed E-state index contributed by atoms with van der Waals surface area (Å²) in [7, 11) is 1.63. The van der Waals surface area contributed by atoms with Gasteiger partial charge in [-0.15, -0.1) is 0 Å². The minimum absolute atomic E-state index is 0.0702. The Bertz CT molecular complexity index is 535. The van der Waals surface area contributed by atoms with E-state index in [9.17, 15) is 9.59 Å². The van der Waals surface area contributed by atoms with Crippen LogP contribution in [-0.4, -0.2) is 42.1 Å². The predicted molar refractivity (Wildman–Crippen MR) is 83.0 cm³/mol. The van der Waals surface area contributed by atoms with Gasteiger partial charge in [-0.25, -0.2) is 0 Å². The fourth-order valence-corrected chi connectivity index (χ4v) is 2.95. The van der Waals surface area contributed by atoms with Gasteiger partial charge in [0, 0.05) is 19.5 Å². The van der Waals surface area contributed by atoms with Crippen LogP contribution < -0.4 is 4.74 Å². The minimum atomic E-state index is -0.755.